The highest BCUT2D eigenvalue weighted by Crippen LogP contribution is 2.37. The Kier molecular flexibility index (Phi) is 8.47. The first-order chi connectivity index (χ1) is 14.7. The van der Waals surface area contributed by atoms with Gasteiger partial charge >= 0.3 is 0 Å². The van der Waals surface area contributed by atoms with Crippen molar-refractivity contribution in [2.45, 2.75) is 49.7 Å². The number of hydrogen-bond donors (Lipinski definition) is 2. The third-order valence-corrected chi connectivity index (χ3v) is 8.06. The van der Waals surface area contributed by atoms with Crippen LogP contribution in [-0.2, 0) is 21.1 Å². The van der Waals surface area contributed by atoms with Crippen LogP contribution in [0.5, 0.6) is 11.5 Å². The Bertz CT molecular complexity index is 973. The largest absolute Gasteiger partial charge is 0.493 e. The number of benzene rings is 2. The molecule has 0 heterocycles. The Balaban J connectivity index is 2.31. The number of aryl methyl sites for hydroxylation is 1. The zero-order valence-electron chi connectivity index (χ0n) is 18.4. The lowest BCUT2D eigenvalue weighted by Gasteiger charge is -2.32. The molecule has 2 rings (SSSR count). The van der Waals surface area contributed by atoms with Crippen LogP contribution in [0.2, 0.25) is 0 Å². The van der Waals surface area contributed by atoms with Gasteiger partial charge in [0.2, 0.25) is 5.91 Å². The highest BCUT2D eigenvalue weighted by Gasteiger charge is 2.45. The quantitative estimate of drug-likeness (QED) is 0.307. The molecule has 0 spiro atoms. The lowest BCUT2D eigenvalue weighted by atomic mass is 9.85. The topological polar surface area (TPSA) is 102 Å². The summed E-state index contributed by atoms with van der Waals surface area (Å²) in [6.45, 7) is 3.05. The van der Waals surface area contributed by atoms with E-state index in [9.17, 15) is 18.4 Å². The van der Waals surface area contributed by atoms with Gasteiger partial charge < -0.3 is 9.47 Å². The van der Waals surface area contributed by atoms with E-state index in [0.29, 0.717) is 12.2 Å². The fraction of sp³-hybridized carbons (Fsp3) is 0.435. The number of carbonyl (C=O) groups is 1. The van der Waals surface area contributed by atoms with Gasteiger partial charge in [-0.05, 0) is 50.8 Å². The van der Waals surface area contributed by atoms with E-state index in [2.05, 4.69) is 0 Å². The lowest BCUT2D eigenvalue weighted by molar-refractivity contribution is -0.138. The van der Waals surface area contributed by atoms with Crippen molar-refractivity contribution < 1.29 is 27.9 Å². The Morgan fingerprint density at radius 2 is 1.68 bits per heavy atom. The first-order valence-corrected chi connectivity index (χ1v) is 11.7. The second-order valence-electron chi connectivity index (χ2n) is 7.94. The first kappa shape index (κ1) is 24.7. The summed E-state index contributed by atoms with van der Waals surface area (Å²) in [4.78, 5) is 12.4. The fourth-order valence-electron chi connectivity index (χ4n) is 3.66. The highest BCUT2D eigenvalue weighted by molar-refractivity contribution is 7.92. The van der Waals surface area contributed by atoms with Gasteiger partial charge in [0, 0.05) is 6.07 Å². The van der Waals surface area contributed by atoms with Crippen LogP contribution in [0.1, 0.15) is 38.7 Å². The van der Waals surface area contributed by atoms with Crippen LogP contribution in [-0.4, -0.2) is 39.0 Å². The third kappa shape index (κ3) is 5.77. The predicted octanol–water partition coefficient (Wildman–Crippen LogP) is 3.79. The van der Waals surface area contributed by atoms with Gasteiger partial charge in [0.25, 0.3) is 0 Å². The van der Waals surface area contributed by atoms with Gasteiger partial charge in [-0.25, -0.2) is 13.9 Å². The summed E-state index contributed by atoms with van der Waals surface area (Å²) in [6.07, 6.45) is 2.47. The minimum Gasteiger partial charge on any atom is -0.493 e. The van der Waals surface area contributed by atoms with Crippen LogP contribution >= 0.6 is 0 Å². The summed E-state index contributed by atoms with van der Waals surface area (Å²) in [5, 5.41) is 8.15. The molecule has 1 amide bonds. The average molecular weight is 450 g/mol. The molecule has 2 N–H and O–H groups in total. The summed E-state index contributed by atoms with van der Waals surface area (Å²) in [5.74, 6) is -0.0475. The van der Waals surface area contributed by atoms with E-state index >= 15 is 0 Å². The molecule has 8 heteroatoms. The summed E-state index contributed by atoms with van der Waals surface area (Å²) >= 11 is 0. The van der Waals surface area contributed by atoms with Gasteiger partial charge in [-0.2, -0.15) is 0 Å². The molecule has 7 nitrogen and oxygen atoms in total. The van der Waals surface area contributed by atoms with Crippen molar-refractivity contribution in [2.24, 2.45) is 5.41 Å². The monoisotopic (exact) mass is 449 g/mol. The number of carbonyl (C=O) groups excluding carboxylic acids is 1. The van der Waals surface area contributed by atoms with Gasteiger partial charge in [-0.1, -0.05) is 36.8 Å². The fourth-order valence-corrected chi connectivity index (χ4v) is 5.87. The molecule has 0 aliphatic rings. The molecule has 0 bridgehead atoms. The molecule has 1 atom stereocenters. The molecule has 0 saturated carbocycles. The van der Waals surface area contributed by atoms with E-state index in [0.717, 1.165) is 12.8 Å². The number of nitrogens with one attached hydrogen (secondary N) is 1. The SMILES string of the molecule is COc1ccc(S(=O)(=O)C(CCCCc2ccccc2)C(C)(C)C(=O)NO)cc1OC. The molecule has 0 aromatic heterocycles. The van der Waals surface area contributed by atoms with Crippen molar-refractivity contribution in [1.82, 2.24) is 5.48 Å². The van der Waals surface area contributed by atoms with E-state index < -0.39 is 26.4 Å². The van der Waals surface area contributed by atoms with Crippen molar-refractivity contribution >= 4 is 15.7 Å². The number of sulfone groups is 1. The summed E-state index contributed by atoms with van der Waals surface area (Å²) in [5.41, 5.74) is 1.44. The molecule has 0 radical (unpaired) electrons. The van der Waals surface area contributed by atoms with Crippen molar-refractivity contribution in [3.63, 3.8) is 0 Å². The number of amides is 1. The second kappa shape index (κ2) is 10.6. The zero-order valence-corrected chi connectivity index (χ0v) is 19.2. The highest BCUT2D eigenvalue weighted by atomic mass is 32.2. The van der Waals surface area contributed by atoms with Crippen molar-refractivity contribution in [3.05, 3.63) is 54.1 Å². The van der Waals surface area contributed by atoms with Crippen LogP contribution in [0, 0.1) is 5.41 Å². The van der Waals surface area contributed by atoms with E-state index in [-0.39, 0.29) is 17.1 Å². The molecule has 1 unspecified atom stereocenters. The molecule has 170 valence electrons. The zero-order chi connectivity index (χ0) is 23.1. The first-order valence-electron chi connectivity index (χ1n) is 10.1. The molecule has 0 aliphatic heterocycles. The van der Waals surface area contributed by atoms with Crippen molar-refractivity contribution in [2.75, 3.05) is 14.2 Å². The summed E-state index contributed by atoms with van der Waals surface area (Å²) in [7, 11) is -1.03. The number of rotatable bonds is 11. The van der Waals surface area contributed by atoms with E-state index in [1.165, 1.54) is 51.8 Å². The van der Waals surface area contributed by atoms with Crippen LogP contribution in [0.4, 0.5) is 0 Å². The molecule has 2 aromatic rings. The molecule has 0 saturated heterocycles. The number of methoxy groups -OCH3 is 2. The Hall–Kier alpha value is -2.58. The number of ether oxygens (including phenoxy) is 2. The average Bonchev–Trinajstić information content (AvgIpc) is 2.78. The second-order valence-corrected chi connectivity index (χ2v) is 10.1. The molecule has 0 fully saturated rings. The predicted molar refractivity (Wildman–Crippen MR) is 118 cm³/mol. The number of unbranched alkanes of at least 4 members (excludes halogenated alkanes) is 1. The normalized spacial score (nSPS) is 12.8. The van der Waals surface area contributed by atoms with Gasteiger partial charge in [0.05, 0.1) is 29.8 Å². The van der Waals surface area contributed by atoms with E-state index in [4.69, 9.17) is 9.47 Å². The third-order valence-electron chi connectivity index (χ3n) is 5.57. The van der Waals surface area contributed by atoms with Crippen LogP contribution in [0.3, 0.4) is 0 Å². The van der Waals surface area contributed by atoms with Crippen LogP contribution < -0.4 is 15.0 Å². The maximum absolute atomic E-state index is 13.6. The maximum atomic E-state index is 13.6. The van der Waals surface area contributed by atoms with Crippen LogP contribution in [0.15, 0.2) is 53.4 Å². The maximum Gasteiger partial charge on any atom is 0.250 e. The standard InChI is InChI=1S/C23H31NO6S/c1-23(2,22(25)24-26)21(13-9-8-12-17-10-6-5-7-11-17)31(27,28)18-14-15-19(29-3)20(16-18)30-4/h5-7,10-11,14-16,21,26H,8-9,12-13H2,1-4H3,(H,24,25). The Morgan fingerprint density at radius 1 is 1.03 bits per heavy atom. The van der Waals surface area contributed by atoms with Crippen LogP contribution in [0.25, 0.3) is 0 Å². The van der Waals surface area contributed by atoms with Gasteiger partial charge in [-0.15, -0.1) is 0 Å². The van der Waals surface area contributed by atoms with Crippen molar-refractivity contribution in [1.29, 1.82) is 0 Å². The van der Waals surface area contributed by atoms with E-state index in [1.807, 2.05) is 30.3 Å². The lowest BCUT2D eigenvalue weighted by Crippen LogP contribution is -2.47. The van der Waals surface area contributed by atoms with Gasteiger partial charge in [0.1, 0.15) is 0 Å². The molecule has 2 aromatic carbocycles. The minimum atomic E-state index is -3.92. The van der Waals surface area contributed by atoms with Crippen molar-refractivity contribution in [3.8, 4) is 11.5 Å². The Morgan fingerprint density at radius 3 is 2.26 bits per heavy atom. The molecule has 31 heavy (non-hydrogen) atoms. The van der Waals surface area contributed by atoms with Gasteiger partial charge in [0.15, 0.2) is 21.3 Å². The Labute approximate surface area is 184 Å². The summed E-state index contributed by atoms with van der Waals surface area (Å²) in [6, 6.07) is 14.3. The summed E-state index contributed by atoms with van der Waals surface area (Å²) < 4.78 is 37.6. The number of hydrogen-bond acceptors (Lipinski definition) is 6. The van der Waals surface area contributed by atoms with E-state index in [1.54, 1.807) is 5.48 Å². The minimum absolute atomic E-state index is 0.0389. The van der Waals surface area contributed by atoms with Gasteiger partial charge in [-0.3, -0.25) is 10.0 Å². The molecular weight excluding hydrogens is 418 g/mol. The smallest absolute Gasteiger partial charge is 0.250 e. The number of hydroxylamine groups is 1. The molecule has 0 aliphatic carbocycles. The molecular formula is C23H31NO6S.